The Morgan fingerprint density at radius 2 is 2.00 bits per heavy atom. The molecule has 1 saturated heterocycles. The Labute approximate surface area is 174 Å². The van der Waals surface area contributed by atoms with Crippen molar-refractivity contribution in [1.29, 1.82) is 0 Å². The average molecular weight is 405 g/mol. The average Bonchev–Trinajstić information content (AvgIpc) is 3.30. The van der Waals surface area contributed by atoms with Gasteiger partial charge < -0.3 is 15.0 Å². The van der Waals surface area contributed by atoms with Crippen molar-refractivity contribution in [3.8, 4) is 17.0 Å². The van der Waals surface area contributed by atoms with Crippen molar-refractivity contribution in [1.82, 2.24) is 20.1 Å². The minimum Gasteiger partial charge on any atom is -0.495 e. The molecule has 0 unspecified atom stereocenters. The van der Waals surface area contributed by atoms with Gasteiger partial charge in [0, 0.05) is 31.0 Å². The van der Waals surface area contributed by atoms with Crippen molar-refractivity contribution in [2.24, 2.45) is 5.92 Å². The number of carbonyl (C=O) groups is 2. The first kappa shape index (κ1) is 19.6. The number of amides is 2. The summed E-state index contributed by atoms with van der Waals surface area (Å²) in [4.78, 5) is 31.5. The lowest BCUT2D eigenvalue weighted by Gasteiger charge is -2.31. The second-order valence-corrected chi connectivity index (χ2v) is 7.18. The SMILES string of the molecule is COc1ccccc1NC(=O)[C@H]1CCCN(C(=O)c2cc(-c3ccncc3)n[nH]2)C1. The van der Waals surface area contributed by atoms with Crippen LogP contribution in [0.3, 0.4) is 0 Å². The molecule has 8 heteroatoms. The van der Waals surface area contributed by atoms with Gasteiger partial charge in [-0.3, -0.25) is 19.7 Å². The summed E-state index contributed by atoms with van der Waals surface area (Å²) >= 11 is 0. The zero-order valence-corrected chi connectivity index (χ0v) is 16.7. The van der Waals surface area contributed by atoms with Crippen LogP contribution in [0.25, 0.3) is 11.3 Å². The van der Waals surface area contributed by atoms with Crippen LogP contribution in [0.1, 0.15) is 23.3 Å². The van der Waals surface area contributed by atoms with E-state index >= 15 is 0 Å². The van der Waals surface area contributed by atoms with Crippen molar-refractivity contribution in [3.05, 3.63) is 60.6 Å². The number of methoxy groups -OCH3 is 1. The lowest BCUT2D eigenvalue weighted by atomic mass is 9.96. The molecular formula is C22H23N5O3. The maximum atomic E-state index is 13.0. The van der Waals surface area contributed by atoms with Crippen molar-refractivity contribution >= 4 is 17.5 Å². The van der Waals surface area contributed by atoms with E-state index in [1.165, 1.54) is 0 Å². The molecule has 0 bridgehead atoms. The number of ether oxygens (including phenoxy) is 1. The van der Waals surface area contributed by atoms with Crippen molar-refractivity contribution in [2.75, 3.05) is 25.5 Å². The van der Waals surface area contributed by atoms with Gasteiger partial charge >= 0.3 is 0 Å². The van der Waals surface area contributed by atoms with Crippen molar-refractivity contribution in [3.63, 3.8) is 0 Å². The molecule has 0 saturated carbocycles. The second-order valence-electron chi connectivity index (χ2n) is 7.18. The molecule has 3 heterocycles. The number of para-hydroxylation sites is 2. The van der Waals surface area contributed by atoms with E-state index in [1.807, 2.05) is 24.3 Å². The molecule has 1 aromatic carbocycles. The maximum Gasteiger partial charge on any atom is 0.271 e. The van der Waals surface area contributed by atoms with Crippen molar-refractivity contribution in [2.45, 2.75) is 12.8 Å². The topological polar surface area (TPSA) is 100 Å². The van der Waals surface area contributed by atoms with Crippen LogP contribution >= 0.6 is 0 Å². The highest BCUT2D eigenvalue weighted by atomic mass is 16.5. The number of carbonyl (C=O) groups excluding carboxylic acids is 2. The minimum atomic E-state index is -0.282. The second kappa shape index (κ2) is 8.77. The Morgan fingerprint density at radius 1 is 1.20 bits per heavy atom. The number of benzene rings is 1. The molecule has 1 atom stereocenters. The van der Waals surface area contributed by atoms with Gasteiger partial charge in [0.25, 0.3) is 5.91 Å². The van der Waals surface area contributed by atoms with Crippen LogP contribution in [0, 0.1) is 5.92 Å². The number of piperidine rings is 1. The quantitative estimate of drug-likeness (QED) is 0.680. The molecule has 8 nitrogen and oxygen atoms in total. The number of hydrogen-bond acceptors (Lipinski definition) is 5. The Bertz CT molecular complexity index is 1030. The van der Waals surface area contributed by atoms with Gasteiger partial charge in [0.2, 0.25) is 5.91 Å². The molecule has 0 spiro atoms. The number of hydrogen-bond donors (Lipinski definition) is 2. The van der Waals surface area contributed by atoms with Gasteiger partial charge in [-0.2, -0.15) is 5.10 Å². The molecule has 3 aromatic rings. The smallest absolute Gasteiger partial charge is 0.271 e. The highest BCUT2D eigenvalue weighted by molar-refractivity contribution is 5.96. The predicted octanol–water partition coefficient (Wildman–Crippen LogP) is 2.97. The summed E-state index contributed by atoms with van der Waals surface area (Å²) in [5, 5.41) is 9.99. The summed E-state index contributed by atoms with van der Waals surface area (Å²) in [5.41, 5.74) is 2.60. The van der Waals surface area contributed by atoms with Crippen LogP contribution in [-0.4, -0.2) is 52.1 Å². The van der Waals surface area contributed by atoms with E-state index < -0.39 is 0 Å². The first-order valence-corrected chi connectivity index (χ1v) is 9.84. The van der Waals surface area contributed by atoms with Gasteiger partial charge in [0.15, 0.2) is 0 Å². The van der Waals surface area contributed by atoms with E-state index in [4.69, 9.17) is 4.74 Å². The molecule has 1 aliphatic rings. The lowest BCUT2D eigenvalue weighted by molar-refractivity contribution is -0.121. The summed E-state index contributed by atoms with van der Waals surface area (Å²) in [6.45, 7) is 0.976. The van der Waals surface area contributed by atoms with Crippen LogP contribution in [0.15, 0.2) is 54.9 Å². The number of nitrogens with one attached hydrogen (secondary N) is 2. The molecule has 1 aliphatic heterocycles. The molecule has 2 N–H and O–H groups in total. The summed E-state index contributed by atoms with van der Waals surface area (Å²) in [6, 6.07) is 12.7. The highest BCUT2D eigenvalue weighted by Crippen LogP contribution is 2.26. The fraction of sp³-hybridized carbons (Fsp3) is 0.273. The monoisotopic (exact) mass is 405 g/mol. The van der Waals surface area contributed by atoms with Crippen LogP contribution < -0.4 is 10.1 Å². The van der Waals surface area contributed by atoms with Crippen LogP contribution in [-0.2, 0) is 4.79 Å². The predicted molar refractivity (Wildman–Crippen MR) is 112 cm³/mol. The van der Waals surface area contributed by atoms with Crippen LogP contribution in [0.2, 0.25) is 0 Å². The number of aromatic nitrogens is 3. The lowest BCUT2D eigenvalue weighted by Crippen LogP contribution is -2.43. The van der Waals surface area contributed by atoms with Gasteiger partial charge in [0.05, 0.1) is 24.4 Å². The Morgan fingerprint density at radius 3 is 2.80 bits per heavy atom. The molecule has 2 amide bonds. The van der Waals surface area contributed by atoms with Gasteiger partial charge in [-0.25, -0.2) is 0 Å². The van der Waals surface area contributed by atoms with E-state index in [2.05, 4.69) is 20.5 Å². The molecule has 0 aliphatic carbocycles. The van der Waals surface area contributed by atoms with E-state index in [-0.39, 0.29) is 17.7 Å². The Hall–Kier alpha value is -3.68. The van der Waals surface area contributed by atoms with Gasteiger partial charge in [-0.1, -0.05) is 12.1 Å². The standard InChI is InChI=1S/C22H23N5O3/c1-30-20-7-3-2-6-17(20)24-21(28)16-5-4-12-27(14-16)22(29)19-13-18(25-26-19)15-8-10-23-11-9-15/h2-3,6-11,13,16H,4-5,12,14H2,1H3,(H,24,28)(H,25,26)/t16-/m0/s1. The minimum absolute atomic E-state index is 0.112. The van der Waals surface area contributed by atoms with Gasteiger partial charge in [-0.15, -0.1) is 0 Å². The molecular weight excluding hydrogens is 382 g/mol. The summed E-state index contributed by atoms with van der Waals surface area (Å²) < 4.78 is 5.30. The molecule has 1 fully saturated rings. The first-order valence-electron chi connectivity index (χ1n) is 9.84. The van der Waals surface area contributed by atoms with Crippen LogP contribution in [0.4, 0.5) is 5.69 Å². The van der Waals surface area contributed by atoms with E-state index in [0.29, 0.717) is 35.9 Å². The maximum absolute atomic E-state index is 13.0. The molecule has 30 heavy (non-hydrogen) atoms. The van der Waals surface area contributed by atoms with E-state index in [1.54, 1.807) is 42.6 Å². The summed E-state index contributed by atoms with van der Waals surface area (Å²) in [7, 11) is 1.57. The number of pyridine rings is 1. The zero-order valence-electron chi connectivity index (χ0n) is 16.7. The third-order valence-electron chi connectivity index (χ3n) is 5.23. The molecule has 4 rings (SSSR count). The van der Waals surface area contributed by atoms with Crippen LogP contribution in [0.5, 0.6) is 5.75 Å². The number of likely N-dealkylation sites (tertiary alicyclic amines) is 1. The fourth-order valence-corrected chi connectivity index (χ4v) is 3.63. The molecule has 0 radical (unpaired) electrons. The van der Waals surface area contributed by atoms with Gasteiger partial charge in [0.1, 0.15) is 11.4 Å². The number of aromatic amines is 1. The number of rotatable bonds is 5. The molecule has 2 aromatic heterocycles. The largest absolute Gasteiger partial charge is 0.495 e. The molecule has 154 valence electrons. The van der Waals surface area contributed by atoms with Gasteiger partial charge in [-0.05, 0) is 43.2 Å². The summed E-state index contributed by atoms with van der Waals surface area (Å²) in [5.74, 6) is 0.0579. The highest BCUT2D eigenvalue weighted by Gasteiger charge is 2.30. The third-order valence-corrected chi connectivity index (χ3v) is 5.23. The Kier molecular flexibility index (Phi) is 5.74. The normalized spacial score (nSPS) is 16.2. The third kappa shape index (κ3) is 4.17. The summed E-state index contributed by atoms with van der Waals surface area (Å²) in [6.07, 6.45) is 4.86. The van der Waals surface area contributed by atoms with E-state index in [0.717, 1.165) is 18.4 Å². The first-order chi connectivity index (χ1) is 14.7. The number of anilines is 1. The van der Waals surface area contributed by atoms with Crippen molar-refractivity contribution < 1.29 is 14.3 Å². The fourth-order valence-electron chi connectivity index (χ4n) is 3.63. The zero-order chi connectivity index (χ0) is 20.9. The Balaban J connectivity index is 1.43. The van der Waals surface area contributed by atoms with E-state index in [9.17, 15) is 9.59 Å². The number of H-pyrrole nitrogens is 1. The number of nitrogens with zero attached hydrogens (tertiary/aromatic N) is 3.